The number of phenolic OH excluding ortho intramolecular Hbond substituents is 1. The van der Waals surface area contributed by atoms with Gasteiger partial charge in [0.15, 0.2) is 0 Å². The monoisotopic (exact) mass is 255 g/mol. The van der Waals surface area contributed by atoms with E-state index in [4.69, 9.17) is 16.7 Å². The molecule has 1 aromatic carbocycles. The Morgan fingerprint density at radius 2 is 2.24 bits per heavy atom. The standard InChI is InChI=1S/C12H14ClNO3/c1-2-5-14(6-7-15)12(17)10-8-9(13)3-4-11(10)16/h2-4,8,15-16H,1,5-7H2. The van der Waals surface area contributed by atoms with E-state index in [9.17, 15) is 9.90 Å². The highest BCUT2D eigenvalue weighted by Gasteiger charge is 2.17. The number of rotatable bonds is 5. The molecule has 1 amide bonds. The number of aliphatic hydroxyl groups is 1. The van der Waals surface area contributed by atoms with E-state index in [1.807, 2.05) is 0 Å². The molecule has 0 aliphatic heterocycles. The second-order valence-corrected chi connectivity index (χ2v) is 3.86. The molecule has 0 aromatic heterocycles. The Hall–Kier alpha value is -1.52. The van der Waals surface area contributed by atoms with Gasteiger partial charge in [-0.05, 0) is 18.2 Å². The summed E-state index contributed by atoms with van der Waals surface area (Å²) in [6.07, 6.45) is 1.55. The Labute approximate surface area is 105 Å². The lowest BCUT2D eigenvalue weighted by atomic mass is 10.1. The molecule has 17 heavy (non-hydrogen) atoms. The third-order valence-electron chi connectivity index (χ3n) is 2.20. The number of hydrogen-bond acceptors (Lipinski definition) is 3. The summed E-state index contributed by atoms with van der Waals surface area (Å²) >= 11 is 5.77. The molecule has 0 unspecified atom stereocenters. The van der Waals surface area contributed by atoms with Gasteiger partial charge in [0.2, 0.25) is 0 Å². The molecule has 5 heteroatoms. The molecule has 4 nitrogen and oxygen atoms in total. The Bertz CT molecular complexity index is 420. The molecule has 0 fully saturated rings. The van der Waals surface area contributed by atoms with Gasteiger partial charge in [0, 0.05) is 18.1 Å². The number of nitrogens with zero attached hydrogens (tertiary/aromatic N) is 1. The third kappa shape index (κ3) is 3.47. The molecule has 2 N–H and O–H groups in total. The predicted molar refractivity (Wildman–Crippen MR) is 66.3 cm³/mol. The molecule has 92 valence electrons. The van der Waals surface area contributed by atoms with Crippen molar-refractivity contribution in [2.75, 3.05) is 19.7 Å². The summed E-state index contributed by atoms with van der Waals surface area (Å²) in [5.74, 6) is -0.523. The zero-order valence-electron chi connectivity index (χ0n) is 9.27. The molecule has 1 rings (SSSR count). The van der Waals surface area contributed by atoms with E-state index in [1.54, 1.807) is 6.08 Å². The maximum absolute atomic E-state index is 12.0. The molecule has 0 heterocycles. The van der Waals surface area contributed by atoms with Crippen LogP contribution in [0.2, 0.25) is 5.02 Å². The number of aromatic hydroxyl groups is 1. The summed E-state index contributed by atoms with van der Waals surface area (Å²) in [5.41, 5.74) is 0.118. The van der Waals surface area contributed by atoms with Crippen LogP contribution >= 0.6 is 11.6 Å². The predicted octanol–water partition coefficient (Wildman–Crippen LogP) is 1.67. The number of halogens is 1. The first-order chi connectivity index (χ1) is 8.10. The number of aliphatic hydroxyl groups excluding tert-OH is 1. The lowest BCUT2D eigenvalue weighted by molar-refractivity contribution is 0.0740. The summed E-state index contributed by atoms with van der Waals surface area (Å²) in [7, 11) is 0. The van der Waals surface area contributed by atoms with E-state index in [2.05, 4.69) is 6.58 Å². The van der Waals surface area contributed by atoms with Gasteiger partial charge >= 0.3 is 0 Å². The van der Waals surface area contributed by atoms with Crippen LogP contribution in [0.4, 0.5) is 0 Å². The van der Waals surface area contributed by atoms with Gasteiger partial charge in [0.05, 0.1) is 12.2 Å². The van der Waals surface area contributed by atoms with Gasteiger partial charge in [-0.1, -0.05) is 17.7 Å². The second-order valence-electron chi connectivity index (χ2n) is 3.42. The minimum absolute atomic E-state index is 0.118. The van der Waals surface area contributed by atoms with E-state index in [0.717, 1.165) is 0 Å². The van der Waals surface area contributed by atoms with E-state index in [1.165, 1.54) is 23.1 Å². The summed E-state index contributed by atoms with van der Waals surface area (Å²) < 4.78 is 0. The molecule has 0 aliphatic rings. The van der Waals surface area contributed by atoms with Crippen LogP contribution in [-0.4, -0.2) is 40.7 Å². The van der Waals surface area contributed by atoms with Crippen molar-refractivity contribution in [3.63, 3.8) is 0 Å². The summed E-state index contributed by atoms with van der Waals surface area (Å²) in [6.45, 7) is 3.86. The molecule has 1 aromatic rings. The number of carbonyl (C=O) groups excluding carboxylic acids is 1. The Balaban J connectivity index is 2.99. The largest absolute Gasteiger partial charge is 0.507 e. The zero-order valence-corrected chi connectivity index (χ0v) is 10.0. The molecule has 0 saturated carbocycles. The van der Waals surface area contributed by atoms with Crippen LogP contribution in [0.3, 0.4) is 0 Å². The van der Waals surface area contributed by atoms with Gasteiger partial charge in [-0.15, -0.1) is 6.58 Å². The number of benzene rings is 1. The summed E-state index contributed by atoms with van der Waals surface area (Å²) in [6, 6.07) is 4.25. The van der Waals surface area contributed by atoms with Gasteiger partial charge in [0.25, 0.3) is 5.91 Å². The zero-order chi connectivity index (χ0) is 12.8. The SMILES string of the molecule is C=CCN(CCO)C(=O)c1cc(Cl)ccc1O. The molecular formula is C12H14ClNO3. The van der Waals surface area contributed by atoms with Gasteiger partial charge in [-0.25, -0.2) is 0 Å². The third-order valence-corrected chi connectivity index (χ3v) is 2.43. The first-order valence-electron chi connectivity index (χ1n) is 5.09. The number of phenols is 1. The number of hydrogen-bond donors (Lipinski definition) is 2. The van der Waals surface area contributed by atoms with Gasteiger partial charge in [-0.3, -0.25) is 4.79 Å². The maximum Gasteiger partial charge on any atom is 0.258 e. The fraction of sp³-hybridized carbons (Fsp3) is 0.250. The smallest absolute Gasteiger partial charge is 0.258 e. The molecule has 0 saturated heterocycles. The lowest BCUT2D eigenvalue weighted by Gasteiger charge is -2.20. The van der Waals surface area contributed by atoms with E-state index in [-0.39, 0.29) is 30.4 Å². The lowest BCUT2D eigenvalue weighted by Crippen LogP contribution is -2.33. The second kappa shape index (κ2) is 6.27. The van der Waals surface area contributed by atoms with Gasteiger partial charge in [0.1, 0.15) is 5.75 Å². The first kappa shape index (κ1) is 13.5. The number of amides is 1. The fourth-order valence-electron chi connectivity index (χ4n) is 1.40. The van der Waals surface area contributed by atoms with E-state index >= 15 is 0 Å². The first-order valence-corrected chi connectivity index (χ1v) is 5.47. The number of carbonyl (C=O) groups is 1. The Morgan fingerprint density at radius 1 is 1.53 bits per heavy atom. The van der Waals surface area contributed by atoms with Crippen molar-refractivity contribution in [1.29, 1.82) is 0 Å². The van der Waals surface area contributed by atoms with Gasteiger partial charge < -0.3 is 15.1 Å². The van der Waals surface area contributed by atoms with Crippen molar-refractivity contribution in [1.82, 2.24) is 4.90 Å². The summed E-state index contributed by atoms with van der Waals surface area (Å²) in [4.78, 5) is 13.4. The topological polar surface area (TPSA) is 60.8 Å². The molecule has 0 bridgehead atoms. The quantitative estimate of drug-likeness (QED) is 0.787. The minimum atomic E-state index is -0.390. The van der Waals surface area contributed by atoms with Crippen molar-refractivity contribution >= 4 is 17.5 Å². The van der Waals surface area contributed by atoms with Crippen molar-refractivity contribution in [2.45, 2.75) is 0 Å². The van der Waals surface area contributed by atoms with Crippen LogP contribution in [0.15, 0.2) is 30.9 Å². The van der Waals surface area contributed by atoms with Crippen LogP contribution in [-0.2, 0) is 0 Å². The Morgan fingerprint density at radius 3 is 2.82 bits per heavy atom. The van der Waals surface area contributed by atoms with Crippen molar-refractivity contribution < 1.29 is 15.0 Å². The summed E-state index contributed by atoms with van der Waals surface area (Å²) in [5, 5.41) is 18.8. The highest BCUT2D eigenvalue weighted by atomic mass is 35.5. The molecular weight excluding hydrogens is 242 g/mol. The Kier molecular flexibility index (Phi) is 5.00. The highest BCUT2D eigenvalue weighted by molar-refractivity contribution is 6.31. The average Bonchev–Trinajstić information content (AvgIpc) is 2.31. The maximum atomic E-state index is 12.0. The van der Waals surface area contributed by atoms with Crippen LogP contribution < -0.4 is 0 Å². The average molecular weight is 256 g/mol. The normalized spacial score (nSPS) is 10.0. The van der Waals surface area contributed by atoms with Gasteiger partial charge in [-0.2, -0.15) is 0 Å². The molecule has 0 atom stereocenters. The van der Waals surface area contributed by atoms with Crippen molar-refractivity contribution in [3.8, 4) is 5.75 Å². The van der Waals surface area contributed by atoms with Crippen LogP contribution in [0.5, 0.6) is 5.75 Å². The minimum Gasteiger partial charge on any atom is -0.507 e. The van der Waals surface area contributed by atoms with Crippen LogP contribution in [0.1, 0.15) is 10.4 Å². The van der Waals surface area contributed by atoms with Crippen LogP contribution in [0, 0.1) is 0 Å². The fourth-order valence-corrected chi connectivity index (χ4v) is 1.57. The molecule has 0 spiro atoms. The van der Waals surface area contributed by atoms with E-state index in [0.29, 0.717) is 11.6 Å². The van der Waals surface area contributed by atoms with Crippen molar-refractivity contribution in [2.24, 2.45) is 0 Å². The van der Waals surface area contributed by atoms with E-state index < -0.39 is 0 Å². The molecule has 0 radical (unpaired) electrons. The van der Waals surface area contributed by atoms with Crippen LogP contribution in [0.25, 0.3) is 0 Å². The molecule has 0 aliphatic carbocycles. The van der Waals surface area contributed by atoms with Crippen molar-refractivity contribution in [3.05, 3.63) is 41.4 Å². The highest BCUT2D eigenvalue weighted by Crippen LogP contribution is 2.22.